The number of anilines is 2. The van der Waals surface area contributed by atoms with Crippen LogP contribution in [0, 0.1) is 11.8 Å². The van der Waals surface area contributed by atoms with E-state index >= 15 is 0 Å². The first-order valence-electron chi connectivity index (χ1n) is 11.4. The number of hydrogen-bond acceptors (Lipinski definition) is 6. The molecule has 1 aliphatic heterocycles. The molecule has 1 atom stereocenters. The van der Waals surface area contributed by atoms with Gasteiger partial charge in [0.1, 0.15) is 11.8 Å². The zero-order valence-electron chi connectivity index (χ0n) is 19.5. The zero-order valence-corrected chi connectivity index (χ0v) is 19.5. The predicted molar refractivity (Wildman–Crippen MR) is 136 cm³/mol. The number of imidazole rings is 1. The third kappa shape index (κ3) is 4.07. The Morgan fingerprint density at radius 3 is 2.56 bits per heavy atom. The highest BCUT2D eigenvalue weighted by atomic mass is 16.2. The minimum Gasteiger partial charge on any atom is -0.382 e. The van der Waals surface area contributed by atoms with Crippen molar-refractivity contribution in [3.8, 4) is 17.5 Å². The number of fused-ring (bicyclic) bond motifs is 1. The van der Waals surface area contributed by atoms with Crippen molar-refractivity contribution in [1.29, 1.82) is 0 Å². The number of nitrogen functional groups attached to an aromatic ring is 1. The Morgan fingerprint density at radius 1 is 1.08 bits per heavy atom. The van der Waals surface area contributed by atoms with E-state index in [-0.39, 0.29) is 29.4 Å². The highest BCUT2D eigenvalue weighted by molar-refractivity contribution is 6.04. The second kappa shape index (κ2) is 9.38. The van der Waals surface area contributed by atoms with Gasteiger partial charge in [-0.15, -0.1) is 0 Å². The van der Waals surface area contributed by atoms with Crippen LogP contribution >= 0.6 is 0 Å². The van der Waals surface area contributed by atoms with Crippen LogP contribution in [-0.2, 0) is 4.79 Å². The van der Waals surface area contributed by atoms with E-state index in [4.69, 9.17) is 5.73 Å². The van der Waals surface area contributed by atoms with Gasteiger partial charge in [-0.2, -0.15) is 0 Å². The largest absolute Gasteiger partial charge is 0.382 e. The lowest BCUT2D eigenvalue weighted by Crippen LogP contribution is -2.31. The molecule has 10 heteroatoms. The van der Waals surface area contributed by atoms with Gasteiger partial charge in [-0.3, -0.25) is 18.7 Å². The molecule has 2 aromatic carbocycles. The second-order valence-corrected chi connectivity index (χ2v) is 8.35. The number of nitrogens with one attached hydrogen (secondary N) is 1. The summed E-state index contributed by atoms with van der Waals surface area (Å²) < 4.78 is 3.04. The van der Waals surface area contributed by atoms with Crippen molar-refractivity contribution in [2.24, 2.45) is 0 Å². The van der Waals surface area contributed by atoms with Gasteiger partial charge in [0.05, 0.1) is 11.7 Å². The molecule has 1 saturated heterocycles. The van der Waals surface area contributed by atoms with E-state index in [0.717, 1.165) is 0 Å². The van der Waals surface area contributed by atoms with Gasteiger partial charge in [-0.25, -0.2) is 14.8 Å². The molecule has 3 heterocycles. The summed E-state index contributed by atoms with van der Waals surface area (Å²) in [6.07, 6.45) is 1.91. The smallest absolute Gasteiger partial charge is 0.335 e. The van der Waals surface area contributed by atoms with Crippen LogP contribution in [0.25, 0.3) is 16.9 Å². The number of carbonyl (C=O) groups is 2. The van der Waals surface area contributed by atoms with Crippen LogP contribution in [0.4, 0.5) is 11.5 Å². The van der Waals surface area contributed by atoms with Crippen molar-refractivity contribution >= 4 is 34.5 Å². The lowest BCUT2D eigenvalue weighted by molar-refractivity contribution is -0.124. The van der Waals surface area contributed by atoms with Gasteiger partial charge in [0.25, 0.3) is 11.8 Å². The van der Waals surface area contributed by atoms with Gasteiger partial charge < -0.3 is 16.0 Å². The van der Waals surface area contributed by atoms with Crippen LogP contribution in [0.1, 0.15) is 29.7 Å². The molecule has 0 aliphatic carbocycles. The molecule has 1 aliphatic rings. The molecule has 1 fully saturated rings. The fraction of sp³-hybridized carbons (Fsp3) is 0.192. The van der Waals surface area contributed by atoms with Crippen LogP contribution in [0.3, 0.4) is 0 Å². The molecule has 0 spiro atoms. The Balaban J connectivity index is 1.50. The summed E-state index contributed by atoms with van der Waals surface area (Å²) in [7, 11) is 0. The van der Waals surface area contributed by atoms with Crippen LogP contribution in [0.2, 0.25) is 0 Å². The number of benzene rings is 2. The minimum atomic E-state index is -0.334. The average Bonchev–Trinajstić information content (AvgIpc) is 3.48. The maximum absolute atomic E-state index is 13.7. The van der Waals surface area contributed by atoms with Gasteiger partial charge in [0.2, 0.25) is 0 Å². The van der Waals surface area contributed by atoms with Crippen LogP contribution < -0.4 is 16.7 Å². The molecule has 0 bridgehead atoms. The normalized spacial score (nSPS) is 14.9. The summed E-state index contributed by atoms with van der Waals surface area (Å²) in [4.78, 5) is 48.5. The third-order valence-corrected chi connectivity index (χ3v) is 6.15. The van der Waals surface area contributed by atoms with E-state index in [1.165, 1.54) is 10.9 Å². The summed E-state index contributed by atoms with van der Waals surface area (Å²) in [6.45, 7) is 2.45. The van der Waals surface area contributed by atoms with E-state index in [0.29, 0.717) is 47.6 Å². The molecule has 4 aromatic rings. The highest BCUT2D eigenvalue weighted by Gasteiger charge is 2.31. The van der Waals surface area contributed by atoms with E-state index in [1.54, 1.807) is 64.9 Å². The quantitative estimate of drug-likeness (QED) is 0.430. The molecular weight excluding hydrogens is 458 g/mol. The van der Waals surface area contributed by atoms with Crippen LogP contribution in [0.15, 0.2) is 65.7 Å². The standard InChI is InChI=1S/C26H23N7O3/c1-2-6-21(34)31-14-13-20(15-31)33-24-22(23(27)28-16-29-24)32(26(33)36)19-11-9-18(10-12-19)30-25(35)17-7-4-3-5-8-17/h3-5,7-12,16,20H,13-15H2,1H3,(H,30,35)(H2,27,28,29)/t20-/m1/s1. The molecule has 0 saturated carbocycles. The van der Waals surface area contributed by atoms with Crippen molar-refractivity contribution in [2.45, 2.75) is 19.4 Å². The summed E-state index contributed by atoms with van der Waals surface area (Å²) >= 11 is 0. The monoisotopic (exact) mass is 481 g/mol. The SMILES string of the molecule is CC#CC(=O)N1CC[C@@H](n2c(=O)n(-c3ccc(NC(=O)c4ccccc4)cc3)c3c(N)ncnc32)C1. The topological polar surface area (TPSA) is 128 Å². The molecule has 5 rings (SSSR count). The number of hydrogen-bond donors (Lipinski definition) is 2. The Hall–Kier alpha value is -4.91. The molecular formula is C26H23N7O3. The molecule has 36 heavy (non-hydrogen) atoms. The van der Waals surface area contributed by atoms with Gasteiger partial charge in [0.15, 0.2) is 11.5 Å². The van der Waals surface area contributed by atoms with Gasteiger partial charge in [-0.1, -0.05) is 24.1 Å². The molecule has 180 valence electrons. The molecule has 0 radical (unpaired) electrons. The maximum atomic E-state index is 13.7. The van der Waals surface area contributed by atoms with Crippen molar-refractivity contribution in [3.05, 3.63) is 77.0 Å². The first kappa shape index (κ1) is 22.9. The van der Waals surface area contributed by atoms with E-state index in [2.05, 4.69) is 27.1 Å². The van der Waals surface area contributed by atoms with Crippen LogP contribution in [-0.4, -0.2) is 48.9 Å². The number of nitrogens with two attached hydrogens (primary N) is 1. The number of aromatic nitrogens is 4. The lowest BCUT2D eigenvalue weighted by Gasteiger charge is -2.14. The van der Waals surface area contributed by atoms with Crippen molar-refractivity contribution in [3.63, 3.8) is 0 Å². The summed E-state index contributed by atoms with van der Waals surface area (Å²) in [5, 5.41) is 2.85. The summed E-state index contributed by atoms with van der Waals surface area (Å²) in [5.41, 5.74) is 8.31. The molecule has 10 nitrogen and oxygen atoms in total. The Kier molecular flexibility index (Phi) is 5.96. The molecule has 2 amide bonds. The number of likely N-dealkylation sites (tertiary alicyclic amines) is 1. The Labute approximate surface area is 206 Å². The highest BCUT2D eigenvalue weighted by Crippen LogP contribution is 2.27. The van der Waals surface area contributed by atoms with E-state index in [9.17, 15) is 14.4 Å². The Bertz CT molecular complexity index is 1580. The van der Waals surface area contributed by atoms with Crippen LogP contribution in [0.5, 0.6) is 0 Å². The number of amides is 2. The lowest BCUT2D eigenvalue weighted by atomic mass is 10.2. The fourth-order valence-electron chi connectivity index (χ4n) is 4.45. The first-order valence-corrected chi connectivity index (χ1v) is 11.4. The van der Waals surface area contributed by atoms with Gasteiger partial charge in [0, 0.05) is 24.3 Å². The van der Waals surface area contributed by atoms with Crippen molar-refractivity contribution in [1.82, 2.24) is 24.0 Å². The van der Waals surface area contributed by atoms with Gasteiger partial charge in [-0.05, 0) is 55.7 Å². The summed E-state index contributed by atoms with van der Waals surface area (Å²) in [5.74, 6) is 4.84. The number of carbonyl (C=O) groups excluding carboxylic acids is 2. The zero-order chi connectivity index (χ0) is 25.2. The maximum Gasteiger partial charge on any atom is 0.335 e. The Morgan fingerprint density at radius 2 is 1.83 bits per heavy atom. The predicted octanol–water partition coefficient (Wildman–Crippen LogP) is 2.21. The fourth-order valence-corrected chi connectivity index (χ4v) is 4.45. The molecule has 0 unspecified atom stereocenters. The number of nitrogens with zero attached hydrogens (tertiary/aromatic N) is 5. The van der Waals surface area contributed by atoms with Crippen molar-refractivity contribution < 1.29 is 9.59 Å². The number of rotatable bonds is 4. The van der Waals surface area contributed by atoms with Gasteiger partial charge >= 0.3 is 5.69 Å². The molecule has 2 aromatic heterocycles. The minimum absolute atomic E-state index is 0.167. The average molecular weight is 482 g/mol. The summed E-state index contributed by atoms with van der Waals surface area (Å²) in [6, 6.07) is 15.5. The van der Waals surface area contributed by atoms with Crippen molar-refractivity contribution in [2.75, 3.05) is 24.1 Å². The molecule has 3 N–H and O–H groups in total. The third-order valence-electron chi connectivity index (χ3n) is 6.15. The second-order valence-electron chi connectivity index (χ2n) is 8.35. The van der Waals surface area contributed by atoms with E-state index in [1.807, 2.05) is 6.07 Å². The first-order chi connectivity index (χ1) is 17.5. The van der Waals surface area contributed by atoms with E-state index < -0.39 is 0 Å².